The molecule has 0 unspecified atom stereocenters. The van der Waals surface area contributed by atoms with Gasteiger partial charge in [-0.15, -0.1) is 0 Å². The van der Waals surface area contributed by atoms with E-state index in [1.54, 1.807) is 19.1 Å². The molecule has 0 fully saturated rings. The Kier molecular flexibility index (Phi) is 3.89. The van der Waals surface area contributed by atoms with Crippen LogP contribution in [0.3, 0.4) is 0 Å². The fourth-order valence-electron chi connectivity index (χ4n) is 1.59. The number of carbonyl (C=O) groups is 1. The molecule has 1 aromatic heterocycles. The van der Waals surface area contributed by atoms with E-state index in [1.807, 2.05) is 0 Å². The van der Waals surface area contributed by atoms with Crippen molar-refractivity contribution in [1.82, 2.24) is 9.78 Å². The first-order valence-corrected chi connectivity index (χ1v) is 5.74. The zero-order chi connectivity index (χ0) is 13.8. The highest BCUT2D eigenvalue weighted by Gasteiger charge is 2.18. The van der Waals surface area contributed by atoms with E-state index in [-0.39, 0.29) is 24.7 Å². The normalized spacial score (nSPS) is 10.5. The molecule has 0 radical (unpaired) electrons. The summed E-state index contributed by atoms with van der Waals surface area (Å²) in [6.07, 6.45) is 1.11. The minimum absolute atomic E-state index is 0.156. The van der Waals surface area contributed by atoms with Gasteiger partial charge in [-0.3, -0.25) is 4.68 Å². The number of ether oxygens (including phenoxy) is 1. The van der Waals surface area contributed by atoms with E-state index in [2.05, 4.69) is 9.84 Å². The lowest BCUT2D eigenvalue weighted by Gasteiger charge is -2.01. The predicted octanol–water partition coefficient (Wildman–Crippen LogP) is 2.39. The first-order valence-electron chi connectivity index (χ1n) is 5.74. The van der Waals surface area contributed by atoms with Crippen LogP contribution in [0.15, 0.2) is 30.5 Å². The summed E-state index contributed by atoms with van der Waals surface area (Å²) < 4.78 is 32.2. The summed E-state index contributed by atoms with van der Waals surface area (Å²) in [5.74, 6) is -1.87. The molecule has 0 N–H and O–H groups in total. The van der Waals surface area contributed by atoms with E-state index in [9.17, 15) is 13.6 Å². The molecule has 19 heavy (non-hydrogen) atoms. The quantitative estimate of drug-likeness (QED) is 0.798. The fraction of sp³-hybridized carbons (Fsp3) is 0.231. The van der Waals surface area contributed by atoms with Crippen LogP contribution in [0.25, 0.3) is 0 Å². The highest BCUT2D eigenvalue weighted by Crippen LogP contribution is 2.09. The molecule has 4 nitrogen and oxygen atoms in total. The van der Waals surface area contributed by atoms with Crippen molar-refractivity contribution in [3.8, 4) is 0 Å². The summed E-state index contributed by atoms with van der Waals surface area (Å²) in [5, 5.41) is 3.82. The molecule has 2 aromatic rings. The first-order chi connectivity index (χ1) is 9.10. The maximum Gasteiger partial charge on any atom is 0.361 e. The molecule has 0 saturated carbocycles. The van der Waals surface area contributed by atoms with Crippen molar-refractivity contribution in [2.75, 3.05) is 6.61 Å². The zero-order valence-electron chi connectivity index (χ0n) is 10.3. The lowest BCUT2D eigenvalue weighted by molar-refractivity contribution is 0.0513. The summed E-state index contributed by atoms with van der Waals surface area (Å²) in [4.78, 5) is 11.4. The molecule has 0 aliphatic carbocycles. The molecule has 0 spiro atoms. The molecule has 1 aromatic carbocycles. The smallest absolute Gasteiger partial charge is 0.361 e. The maximum absolute atomic E-state index is 13.5. The number of benzene rings is 1. The second kappa shape index (κ2) is 5.60. The molecule has 6 heteroatoms. The highest BCUT2D eigenvalue weighted by atomic mass is 19.1. The van der Waals surface area contributed by atoms with Crippen LogP contribution in [0, 0.1) is 11.6 Å². The molecule has 0 saturated heterocycles. The summed E-state index contributed by atoms with van der Waals surface area (Å²) in [6.45, 7) is 2.03. The van der Waals surface area contributed by atoms with E-state index in [4.69, 9.17) is 0 Å². The Morgan fingerprint density at radius 2 is 2.00 bits per heavy atom. The molecule has 0 aliphatic rings. The van der Waals surface area contributed by atoms with Crippen molar-refractivity contribution in [3.63, 3.8) is 0 Å². The summed E-state index contributed by atoms with van der Waals surface area (Å²) in [5.41, 5.74) is 0.406. The summed E-state index contributed by atoms with van der Waals surface area (Å²) in [7, 11) is 0. The van der Waals surface area contributed by atoms with Crippen LogP contribution in [0.1, 0.15) is 23.0 Å². The molecule has 0 atom stereocenters. The standard InChI is InChI=1S/C13H12F2N2O2/c1-2-19-13(18)12-11(15)8-17(16-12)7-9-3-5-10(14)6-4-9/h3-6,8H,2,7H2,1H3. The molecule has 0 amide bonds. The number of aromatic nitrogens is 2. The zero-order valence-corrected chi connectivity index (χ0v) is 10.3. The van der Waals surface area contributed by atoms with Crippen LogP contribution in [0.5, 0.6) is 0 Å². The minimum Gasteiger partial charge on any atom is -0.461 e. The molecule has 0 aliphatic heterocycles. The fourth-order valence-corrected chi connectivity index (χ4v) is 1.59. The van der Waals surface area contributed by atoms with E-state index in [0.29, 0.717) is 0 Å². The van der Waals surface area contributed by atoms with Gasteiger partial charge in [0.05, 0.1) is 19.3 Å². The summed E-state index contributed by atoms with van der Waals surface area (Å²) >= 11 is 0. The number of carbonyl (C=O) groups excluding carboxylic acids is 1. The second-order valence-corrected chi connectivity index (χ2v) is 3.87. The predicted molar refractivity (Wildman–Crippen MR) is 63.6 cm³/mol. The lowest BCUT2D eigenvalue weighted by atomic mass is 10.2. The number of rotatable bonds is 4. The number of halogens is 2. The SMILES string of the molecule is CCOC(=O)c1nn(Cc2ccc(F)cc2)cc1F. The van der Waals surface area contributed by atoms with Gasteiger partial charge in [-0.2, -0.15) is 5.10 Å². The van der Waals surface area contributed by atoms with Gasteiger partial charge in [-0.1, -0.05) is 12.1 Å². The first kappa shape index (κ1) is 13.2. The van der Waals surface area contributed by atoms with Crippen LogP contribution < -0.4 is 0 Å². The number of esters is 1. The minimum atomic E-state index is -0.794. The Morgan fingerprint density at radius 1 is 1.32 bits per heavy atom. The number of nitrogens with zero attached hydrogens (tertiary/aromatic N) is 2. The van der Waals surface area contributed by atoms with Gasteiger partial charge in [-0.25, -0.2) is 13.6 Å². The average molecular weight is 266 g/mol. The Bertz CT molecular complexity index is 579. The monoisotopic (exact) mass is 266 g/mol. The van der Waals surface area contributed by atoms with Crippen LogP contribution in [0.2, 0.25) is 0 Å². The molecule has 2 rings (SSSR count). The molecule has 1 heterocycles. The van der Waals surface area contributed by atoms with Crippen molar-refractivity contribution in [1.29, 1.82) is 0 Å². The van der Waals surface area contributed by atoms with Crippen molar-refractivity contribution >= 4 is 5.97 Å². The molecule has 100 valence electrons. The van der Waals surface area contributed by atoms with E-state index < -0.39 is 11.8 Å². The Balaban J connectivity index is 2.16. The Morgan fingerprint density at radius 3 is 2.63 bits per heavy atom. The lowest BCUT2D eigenvalue weighted by Crippen LogP contribution is -2.08. The largest absolute Gasteiger partial charge is 0.461 e. The summed E-state index contributed by atoms with van der Waals surface area (Å²) in [6, 6.07) is 5.75. The van der Waals surface area contributed by atoms with Gasteiger partial charge in [0.15, 0.2) is 5.82 Å². The average Bonchev–Trinajstić information content (AvgIpc) is 2.74. The van der Waals surface area contributed by atoms with Crippen LogP contribution in [-0.2, 0) is 11.3 Å². The van der Waals surface area contributed by atoms with Crippen LogP contribution >= 0.6 is 0 Å². The van der Waals surface area contributed by atoms with Gasteiger partial charge in [0.1, 0.15) is 5.82 Å². The second-order valence-electron chi connectivity index (χ2n) is 3.87. The van der Waals surface area contributed by atoms with Crippen LogP contribution in [-0.4, -0.2) is 22.4 Å². The van der Waals surface area contributed by atoms with Crippen molar-refractivity contribution < 1.29 is 18.3 Å². The van der Waals surface area contributed by atoms with Crippen molar-refractivity contribution in [2.24, 2.45) is 0 Å². The third kappa shape index (κ3) is 3.15. The van der Waals surface area contributed by atoms with Gasteiger partial charge in [0, 0.05) is 0 Å². The molecular weight excluding hydrogens is 254 g/mol. The van der Waals surface area contributed by atoms with Gasteiger partial charge >= 0.3 is 5.97 Å². The van der Waals surface area contributed by atoms with Crippen molar-refractivity contribution in [3.05, 3.63) is 53.4 Å². The van der Waals surface area contributed by atoms with E-state index >= 15 is 0 Å². The van der Waals surface area contributed by atoms with Gasteiger partial charge in [0.25, 0.3) is 0 Å². The topological polar surface area (TPSA) is 44.1 Å². The highest BCUT2D eigenvalue weighted by molar-refractivity contribution is 5.87. The Hall–Kier alpha value is -2.24. The van der Waals surface area contributed by atoms with Crippen molar-refractivity contribution in [2.45, 2.75) is 13.5 Å². The van der Waals surface area contributed by atoms with Crippen LogP contribution in [0.4, 0.5) is 8.78 Å². The van der Waals surface area contributed by atoms with Gasteiger partial charge in [0.2, 0.25) is 5.69 Å². The third-order valence-corrected chi connectivity index (χ3v) is 2.44. The number of hydrogen-bond acceptors (Lipinski definition) is 3. The Labute approximate surface area is 108 Å². The van der Waals surface area contributed by atoms with E-state index in [0.717, 1.165) is 11.8 Å². The maximum atomic E-state index is 13.5. The van der Waals surface area contributed by atoms with E-state index in [1.165, 1.54) is 16.8 Å². The third-order valence-electron chi connectivity index (χ3n) is 2.44. The molecule has 0 bridgehead atoms. The van der Waals surface area contributed by atoms with Gasteiger partial charge < -0.3 is 4.74 Å². The number of hydrogen-bond donors (Lipinski definition) is 0. The molecular formula is C13H12F2N2O2. The van der Waals surface area contributed by atoms with Gasteiger partial charge in [-0.05, 0) is 24.6 Å².